The van der Waals surface area contributed by atoms with Crippen LogP contribution in [-0.4, -0.2) is 34.9 Å². The molecular weight excluding hydrogens is 264 g/mol. The Morgan fingerprint density at radius 2 is 1.44 bits per heavy atom. The fraction of sp³-hybridized carbons (Fsp3) is 0.538. The van der Waals surface area contributed by atoms with Crippen LogP contribution in [0.25, 0.3) is 0 Å². The van der Waals surface area contributed by atoms with E-state index in [4.69, 9.17) is 13.3 Å². The molecule has 0 radical (unpaired) electrons. The Labute approximate surface area is 115 Å². The molecule has 0 amide bonds. The Hall–Kier alpha value is -0.333. The summed E-state index contributed by atoms with van der Waals surface area (Å²) in [7, 11) is -2.76. The second kappa shape index (κ2) is 7.96. The fourth-order valence-electron chi connectivity index (χ4n) is 1.83. The predicted molar refractivity (Wildman–Crippen MR) is 78.5 cm³/mol. The van der Waals surface area contributed by atoms with Gasteiger partial charge >= 0.3 is 8.80 Å². The molecule has 0 atom stereocenters. The maximum absolute atomic E-state index is 5.92. The standard InChI is InChI=1S/C13H22O3SSi/c1-5-14-18(15-6-2,16-7-3)13-11-9-8-10-12(13)17-4/h8-11H,5-7H2,1-4H3. The molecule has 0 saturated carbocycles. The van der Waals surface area contributed by atoms with E-state index in [0.717, 1.165) is 5.19 Å². The van der Waals surface area contributed by atoms with Gasteiger partial charge < -0.3 is 13.3 Å². The lowest BCUT2D eigenvalue weighted by Crippen LogP contribution is -2.57. The Morgan fingerprint density at radius 3 is 1.89 bits per heavy atom. The van der Waals surface area contributed by atoms with Crippen molar-refractivity contribution in [3.63, 3.8) is 0 Å². The summed E-state index contributed by atoms with van der Waals surface area (Å²) in [5, 5.41) is 1.07. The number of hydrogen-bond donors (Lipinski definition) is 0. The van der Waals surface area contributed by atoms with E-state index >= 15 is 0 Å². The van der Waals surface area contributed by atoms with E-state index in [-0.39, 0.29) is 0 Å². The third kappa shape index (κ3) is 3.58. The van der Waals surface area contributed by atoms with Crippen LogP contribution in [0.1, 0.15) is 20.8 Å². The summed E-state index contributed by atoms with van der Waals surface area (Å²) in [5.41, 5.74) is 0. The molecule has 1 aromatic carbocycles. The van der Waals surface area contributed by atoms with E-state index in [2.05, 4.69) is 18.4 Å². The topological polar surface area (TPSA) is 27.7 Å². The zero-order chi connectivity index (χ0) is 13.4. The maximum atomic E-state index is 5.92. The van der Waals surface area contributed by atoms with Crippen molar-refractivity contribution in [3.8, 4) is 0 Å². The van der Waals surface area contributed by atoms with Crippen LogP contribution < -0.4 is 5.19 Å². The first-order chi connectivity index (χ1) is 8.74. The molecule has 0 aliphatic rings. The van der Waals surface area contributed by atoms with Crippen LogP contribution in [0.3, 0.4) is 0 Å². The number of benzene rings is 1. The average Bonchev–Trinajstić information content (AvgIpc) is 2.39. The van der Waals surface area contributed by atoms with Crippen LogP contribution >= 0.6 is 11.8 Å². The van der Waals surface area contributed by atoms with E-state index in [1.54, 1.807) is 11.8 Å². The molecular formula is C13H22O3SSi. The second-order valence-electron chi connectivity index (χ2n) is 3.56. The van der Waals surface area contributed by atoms with Gasteiger partial charge in [0.2, 0.25) is 0 Å². The van der Waals surface area contributed by atoms with Crippen LogP contribution in [0, 0.1) is 0 Å². The zero-order valence-corrected chi connectivity index (χ0v) is 13.4. The first-order valence-electron chi connectivity index (χ1n) is 6.29. The molecule has 1 aromatic rings. The van der Waals surface area contributed by atoms with Gasteiger partial charge in [0.15, 0.2) is 0 Å². The molecule has 5 heteroatoms. The van der Waals surface area contributed by atoms with Crippen molar-refractivity contribution in [3.05, 3.63) is 24.3 Å². The summed E-state index contributed by atoms with van der Waals surface area (Å²) < 4.78 is 17.8. The zero-order valence-electron chi connectivity index (χ0n) is 11.6. The highest BCUT2D eigenvalue weighted by Gasteiger charge is 2.44. The lowest BCUT2D eigenvalue weighted by molar-refractivity contribution is 0.0854. The molecule has 102 valence electrons. The molecule has 0 N–H and O–H groups in total. The van der Waals surface area contributed by atoms with Crippen molar-refractivity contribution in [2.75, 3.05) is 26.1 Å². The molecule has 0 saturated heterocycles. The van der Waals surface area contributed by atoms with Crippen molar-refractivity contribution in [1.82, 2.24) is 0 Å². The van der Waals surface area contributed by atoms with Crippen molar-refractivity contribution in [2.45, 2.75) is 25.7 Å². The van der Waals surface area contributed by atoms with E-state index < -0.39 is 8.80 Å². The molecule has 0 aromatic heterocycles. The molecule has 1 rings (SSSR count). The highest BCUT2D eigenvalue weighted by atomic mass is 32.2. The van der Waals surface area contributed by atoms with Gasteiger partial charge in [0.05, 0.1) is 0 Å². The lowest BCUT2D eigenvalue weighted by Gasteiger charge is -2.29. The van der Waals surface area contributed by atoms with Gasteiger partial charge in [0.25, 0.3) is 0 Å². The quantitative estimate of drug-likeness (QED) is 0.542. The summed E-state index contributed by atoms with van der Waals surface area (Å²) in [5.74, 6) is 0. The van der Waals surface area contributed by atoms with Gasteiger partial charge in [-0.3, -0.25) is 0 Å². The van der Waals surface area contributed by atoms with Gasteiger partial charge in [0.1, 0.15) is 0 Å². The molecule has 3 nitrogen and oxygen atoms in total. The van der Waals surface area contributed by atoms with Gasteiger partial charge in [0, 0.05) is 29.9 Å². The summed E-state index contributed by atoms with van der Waals surface area (Å²) >= 11 is 1.69. The highest BCUT2D eigenvalue weighted by Crippen LogP contribution is 2.19. The molecule has 0 aliphatic heterocycles. The average molecular weight is 286 g/mol. The van der Waals surface area contributed by atoms with Crippen molar-refractivity contribution in [2.24, 2.45) is 0 Å². The second-order valence-corrected chi connectivity index (χ2v) is 6.92. The Bertz CT molecular complexity index is 343. The van der Waals surface area contributed by atoms with Crippen molar-refractivity contribution >= 4 is 25.8 Å². The third-order valence-electron chi connectivity index (χ3n) is 2.44. The fourth-order valence-corrected chi connectivity index (χ4v) is 5.55. The minimum absolute atomic E-state index is 0.592. The molecule has 0 unspecified atom stereocenters. The van der Waals surface area contributed by atoms with Gasteiger partial charge in [-0.2, -0.15) is 0 Å². The predicted octanol–water partition coefficient (Wildman–Crippen LogP) is 2.66. The van der Waals surface area contributed by atoms with Gasteiger partial charge in [-0.25, -0.2) is 0 Å². The first kappa shape index (κ1) is 15.7. The van der Waals surface area contributed by atoms with Crippen molar-refractivity contribution in [1.29, 1.82) is 0 Å². The molecule has 0 spiro atoms. The molecule has 18 heavy (non-hydrogen) atoms. The molecule has 0 fully saturated rings. The summed E-state index contributed by atoms with van der Waals surface area (Å²) in [4.78, 5) is 1.17. The van der Waals surface area contributed by atoms with E-state index in [1.165, 1.54) is 4.90 Å². The Kier molecular flexibility index (Phi) is 6.96. The van der Waals surface area contributed by atoms with Gasteiger partial charge in [-0.05, 0) is 33.1 Å². The lowest BCUT2D eigenvalue weighted by atomic mass is 10.4. The van der Waals surface area contributed by atoms with Crippen molar-refractivity contribution < 1.29 is 13.3 Å². The van der Waals surface area contributed by atoms with E-state index in [9.17, 15) is 0 Å². The molecule has 0 heterocycles. The monoisotopic (exact) mass is 286 g/mol. The van der Waals surface area contributed by atoms with Crippen LogP contribution in [0.2, 0.25) is 0 Å². The van der Waals surface area contributed by atoms with Gasteiger partial charge in [-0.15, -0.1) is 11.8 Å². The van der Waals surface area contributed by atoms with Gasteiger partial charge in [-0.1, -0.05) is 18.2 Å². The Balaban J connectivity index is 3.20. The number of rotatable bonds is 8. The highest BCUT2D eigenvalue weighted by molar-refractivity contribution is 7.98. The summed E-state index contributed by atoms with van der Waals surface area (Å²) in [6.45, 7) is 7.70. The summed E-state index contributed by atoms with van der Waals surface area (Å²) in [6, 6.07) is 8.17. The first-order valence-corrected chi connectivity index (χ1v) is 9.24. The number of hydrogen-bond acceptors (Lipinski definition) is 4. The maximum Gasteiger partial charge on any atom is 0.538 e. The SMILES string of the molecule is CCO[Si](OCC)(OCC)c1ccccc1SC. The van der Waals surface area contributed by atoms with Crippen LogP contribution in [0.15, 0.2) is 29.2 Å². The van der Waals surface area contributed by atoms with Crippen LogP contribution in [0.4, 0.5) is 0 Å². The largest absolute Gasteiger partial charge is 0.538 e. The van der Waals surface area contributed by atoms with E-state index in [0.29, 0.717) is 19.8 Å². The Morgan fingerprint density at radius 1 is 0.944 bits per heavy atom. The third-order valence-corrected chi connectivity index (χ3v) is 6.52. The smallest absolute Gasteiger partial charge is 0.370 e. The molecule has 0 aliphatic carbocycles. The number of thioether (sulfide) groups is 1. The normalized spacial score (nSPS) is 11.8. The van der Waals surface area contributed by atoms with Crippen LogP contribution in [-0.2, 0) is 13.3 Å². The minimum atomic E-state index is -2.76. The van der Waals surface area contributed by atoms with E-state index in [1.807, 2.05) is 32.9 Å². The van der Waals surface area contributed by atoms with Crippen LogP contribution in [0.5, 0.6) is 0 Å². The summed E-state index contributed by atoms with van der Waals surface area (Å²) in [6.07, 6.45) is 2.06. The molecule has 0 bridgehead atoms. The minimum Gasteiger partial charge on any atom is -0.370 e.